The number of carboxylic acid groups (broad SMARTS) is 1. The van der Waals surface area contributed by atoms with E-state index in [2.05, 4.69) is 11.8 Å². The lowest BCUT2D eigenvalue weighted by Crippen LogP contribution is -2.38. The topological polar surface area (TPSA) is 66.3 Å². The van der Waals surface area contributed by atoms with Gasteiger partial charge in [0.15, 0.2) is 5.82 Å². The molecule has 3 aromatic rings. The number of hydrogen-bond acceptors (Lipinski definition) is 5. The van der Waals surface area contributed by atoms with Crippen LogP contribution in [0.15, 0.2) is 30.3 Å². The summed E-state index contributed by atoms with van der Waals surface area (Å²) in [6.45, 7) is 5.03. The van der Waals surface area contributed by atoms with Crippen molar-refractivity contribution in [3.63, 3.8) is 0 Å². The number of rotatable bonds is 3. The van der Waals surface area contributed by atoms with Gasteiger partial charge < -0.3 is 10.0 Å². The average Bonchev–Trinajstić information content (AvgIpc) is 2.99. The predicted molar refractivity (Wildman–Crippen MR) is 105 cm³/mol. The monoisotopic (exact) mass is 367 g/mol. The fraction of sp³-hybridized carbons (Fsp3) is 0.350. The SMILES string of the molecule is Cc1c(C(=O)O)sc2nc(-c3ccccc3)nc(N3CCCCC3C)c12. The molecule has 0 bridgehead atoms. The van der Waals surface area contributed by atoms with Crippen LogP contribution in [0.4, 0.5) is 5.82 Å². The van der Waals surface area contributed by atoms with Gasteiger partial charge in [0.1, 0.15) is 15.5 Å². The standard InChI is InChI=1S/C20H21N3O2S/c1-12-8-6-7-11-23(12)18-15-13(2)16(20(24)25)26-19(15)22-17(21-18)14-9-4-3-5-10-14/h3-5,9-10,12H,6-8,11H2,1-2H3,(H,24,25). The first-order valence-corrected chi connectivity index (χ1v) is 9.74. The molecule has 0 amide bonds. The van der Waals surface area contributed by atoms with Crippen molar-refractivity contribution < 1.29 is 9.90 Å². The number of carboxylic acids is 1. The molecule has 0 radical (unpaired) electrons. The minimum atomic E-state index is -0.899. The van der Waals surface area contributed by atoms with Gasteiger partial charge in [0.05, 0.1) is 5.39 Å². The minimum Gasteiger partial charge on any atom is -0.477 e. The Hall–Kier alpha value is -2.47. The molecule has 4 rings (SSSR count). The Morgan fingerprint density at radius 2 is 2.00 bits per heavy atom. The molecule has 0 aliphatic carbocycles. The molecule has 1 aliphatic heterocycles. The van der Waals surface area contributed by atoms with Crippen molar-refractivity contribution in [2.45, 2.75) is 39.2 Å². The number of aryl methyl sites for hydroxylation is 1. The highest BCUT2D eigenvalue weighted by atomic mass is 32.1. The zero-order valence-corrected chi connectivity index (χ0v) is 15.7. The van der Waals surface area contributed by atoms with Gasteiger partial charge in [0.2, 0.25) is 0 Å². The molecule has 1 aliphatic rings. The van der Waals surface area contributed by atoms with Gasteiger partial charge >= 0.3 is 5.97 Å². The van der Waals surface area contributed by atoms with Crippen LogP contribution in [0.3, 0.4) is 0 Å². The van der Waals surface area contributed by atoms with Crippen LogP contribution in [0.25, 0.3) is 21.6 Å². The third-order valence-electron chi connectivity index (χ3n) is 5.07. The highest BCUT2D eigenvalue weighted by Crippen LogP contribution is 2.38. The Balaban J connectivity index is 1.98. The normalized spacial score (nSPS) is 17.6. The number of aromatic carboxylic acids is 1. The van der Waals surface area contributed by atoms with E-state index in [4.69, 9.17) is 9.97 Å². The van der Waals surface area contributed by atoms with Crippen LogP contribution >= 0.6 is 11.3 Å². The Morgan fingerprint density at radius 1 is 1.23 bits per heavy atom. The summed E-state index contributed by atoms with van der Waals surface area (Å²) >= 11 is 1.24. The number of nitrogens with zero attached hydrogens (tertiary/aromatic N) is 3. The third kappa shape index (κ3) is 2.84. The van der Waals surface area contributed by atoms with Crippen molar-refractivity contribution in [2.75, 3.05) is 11.4 Å². The zero-order chi connectivity index (χ0) is 18.3. The second-order valence-corrected chi connectivity index (χ2v) is 7.82. The molecule has 1 atom stereocenters. The van der Waals surface area contributed by atoms with Crippen LogP contribution in [0.2, 0.25) is 0 Å². The van der Waals surface area contributed by atoms with Crippen molar-refractivity contribution in [3.05, 3.63) is 40.8 Å². The summed E-state index contributed by atoms with van der Waals surface area (Å²) in [4.78, 5) is 24.7. The number of aromatic nitrogens is 2. The maximum atomic E-state index is 11.6. The van der Waals surface area contributed by atoms with Crippen molar-refractivity contribution in [1.29, 1.82) is 0 Å². The number of benzene rings is 1. The molecule has 6 heteroatoms. The molecule has 1 saturated heterocycles. The van der Waals surface area contributed by atoms with Crippen LogP contribution in [0, 0.1) is 6.92 Å². The molecule has 5 nitrogen and oxygen atoms in total. The summed E-state index contributed by atoms with van der Waals surface area (Å²) in [5, 5.41) is 10.4. The van der Waals surface area contributed by atoms with E-state index in [0.717, 1.165) is 46.5 Å². The maximum absolute atomic E-state index is 11.6. The van der Waals surface area contributed by atoms with E-state index in [-0.39, 0.29) is 0 Å². The van der Waals surface area contributed by atoms with Gasteiger partial charge in [-0.2, -0.15) is 0 Å². The summed E-state index contributed by atoms with van der Waals surface area (Å²) in [6, 6.07) is 10.3. The lowest BCUT2D eigenvalue weighted by molar-refractivity contribution is 0.0701. The second kappa shape index (κ2) is 6.68. The van der Waals surface area contributed by atoms with Crippen LogP contribution in [0.1, 0.15) is 41.4 Å². The Kier molecular flexibility index (Phi) is 4.36. The fourth-order valence-electron chi connectivity index (χ4n) is 3.66. The van der Waals surface area contributed by atoms with Gasteiger partial charge in [-0.15, -0.1) is 11.3 Å². The number of carbonyl (C=O) groups is 1. The second-order valence-electron chi connectivity index (χ2n) is 6.82. The Labute approximate surface area is 156 Å². The number of piperidine rings is 1. The first-order valence-electron chi connectivity index (χ1n) is 8.92. The van der Waals surface area contributed by atoms with E-state index in [9.17, 15) is 9.90 Å². The van der Waals surface area contributed by atoms with Crippen molar-refractivity contribution in [3.8, 4) is 11.4 Å². The molecule has 1 fully saturated rings. The molecule has 1 N–H and O–H groups in total. The lowest BCUT2D eigenvalue weighted by atomic mass is 10.0. The summed E-state index contributed by atoms with van der Waals surface area (Å²) < 4.78 is 0. The lowest BCUT2D eigenvalue weighted by Gasteiger charge is -2.35. The third-order valence-corrected chi connectivity index (χ3v) is 6.25. The molecule has 3 heterocycles. The van der Waals surface area contributed by atoms with Gasteiger partial charge in [-0.25, -0.2) is 14.8 Å². The molecular weight excluding hydrogens is 346 g/mol. The molecular formula is C20H21N3O2S. The number of anilines is 1. The molecule has 1 unspecified atom stereocenters. The van der Waals surface area contributed by atoms with E-state index in [1.165, 1.54) is 17.8 Å². The van der Waals surface area contributed by atoms with Gasteiger partial charge in [-0.1, -0.05) is 30.3 Å². The van der Waals surface area contributed by atoms with E-state index in [0.29, 0.717) is 16.7 Å². The first-order chi connectivity index (χ1) is 12.6. The largest absolute Gasteiger partial charge is 0.477 e. The fourth-order valence-corrected chi connectivity index (χ4v) is 4.67. The molecule has 26 heavy (non-hydrogen) atoms. The van der Waals surface area contributed by atoms with Crippen LogP contribution < -0.4 is 4.90 Å². The number of fused-ring (bicyclic) bond motifs is 1. The highest BCUT2D eigenvalue weighted by molar-refractivity contribution is 7.20. The minimum absolute atomic E-state index is 0.352. The van der Waals surface area contributed by atoms with Gasteiger partial charge in [-0.3, -0.25) is 0 Å². The summed E-state index contributed by atoms with van der Waals surface area (Å²) in [5.74, 6) is 0.635. The first kappa shape index (κ1) is 17.0. The Morgan fingerprint density at radius 3 is 2.69 bits per heavy atom. The van der Waals surface area contributed by atoms with E-state index in [1.54, 1.807) is 0 Å². The van der Waals surface area contributed by atoms with Crippen LogP contribution in [-0.2, 0) is 0 Å². The molecule has 2 aromatic heterocycles. The number of thiophene rings is 1. The smallest absolute Gasteiger partial charge is 0.346 e. The molecule has 134 valence electrons. The zero-order valence-electron chi connectivity index (χ0n) is 14.9. The molecule has 0 spiro atoms. The van der Waals surface area contributed by atoms with Crippen molar-refractivity contribution in [1.82, 2.24) is 9.97 Å². The van der Waals surface area contributed by atoms with E-state index < -0.39 is 5.97 Å². The molecule has 1 aromatic carbocycles. The molecule has 0 saturated carbocycles. The predicted octanol–water partition coefficient (Wildman–Crippen LogP) is 4.74. The van der Waals surface area contributed by atoms with Gasteiger partial charge in [-0.05, 0) is 38.7 Å². The average molecular weight is 367 g/mol. The summed E-state index contributed by atoms with van der Waals surface area (Å²) in [5.41, 5.74) is 1.72. The Bertz CT molecular complexity index is 968. The van der Waals surface area contributed by atoms with E-state index >= 15 is 0 Å². The number of hydrogen-bond donors (Lipinski definition) is 1. The van der Waals surface area contributed by atoms with Crippen molar-refractivity contribution >= 4 is 33.3 Å². The van der Waals surface area contributed by atoms with Crippen LogP contribution in [-0.4, -0.2) is 33.6 Å². The quantitative estimate of drug-likeness (QED) is 0.724. The summed E-state index contributed by atoms with van der Waals surface area (Å²) in [7, 11) is 0. The van der Waals surface area contributed by atoms with Gasteiger partial charge in [0, 0.05) is 18.2 Å². The van der Waals surface area contributed by atoms with Gasteiger partial charge in [0.25, 0.3) is 0 Å². The van der Waals surface area contributed by atoms with Crippen LogP contribution in [0.5, 0.6) is 0 Å². The maximum Gasteiger partial charge on any atom is 0.346 e. The highest BCUT2D eigenvalue weighted by Gasteiger charge is 2.27. The van der Waals surface area contributed by atoms with E-state index in [1.807, 2.05) is 37.3 Å². The van der Waals surface area contributed by atoms with Crippen molar-refractivity contribution in [2.24, 2.45) is 0 Å². The summed E-state index contributed by atoms with van der Waals surface area (Å²) in [6.07, 6.45) is 3.48.